The van der Waals surface area contributed by atoms with Crippen molar-refractivity contribution in [2.75, 3.05) is 16.8 Å². The third-order valence-electron chi connectivity index (χ3n) is 6.50. The van der Waals surface area contributed by atoms with Gasteiger partial charge in [0, 0.05) is 11.3 Å². The molecule has 0 spiro atoms. The summed E-state index contributed by atoms with van der Waals surface area (Å²) < 4.78 is 67.5. The first-order chi connectivity index (χ1) is 17.4. The number of hydrogen-bond donors (Lipinski definition) is 4. The van der Waals surface area contributed by atoms with E-state index in [0.29, 0.717) is 12.3 Å². The smallest absolute Gasteiger partial charge is 0.393 e. The molecule has 3 aromatic rings. The van der Waals surface area contributed by atoms with Crippen molar-refractivity contribution in [2.45, 2.75) is 55.7 Å². The molecule has 5 N–H and O–H groups in total. The van der Waals surface area contributed by atoms with E-state index in [-0.39, 0.29) is 50.5 Å². The van der Waals surface area contributed by atoms with Crippen LogP contribution in [0.4, 0.5) is 30.8 Å². The van der Waals surface area contributed by atoms with Crippen LogP contribution < -0.4 is 11.1 Å². The van der Waals surface area contributed by atoms with Crippen LogP contribution in [0.15, 0.2) is 41.3 Å². The molecular weight excluding hydrogens is 531 g/mol. The average molecular weight is 558 g/mol. The van der Waals surface area contributed by atoms with Gasteiger partial charge in [0.05, 0.1) is 27.3 Å². The normalized spacial score (nSPS) is 18.6. The third-order valence-corrected chi connectivity index (χ3v) is 8.61. The monoisotopic (exact) mass is 557 g/mol. The molecule has 1 aliphatic carbocycles. The summed E-state index contributed by atoms with van der Waals surface area (Å²) in [6.45, 7) is 0. The summed E-state index contributed by atoms with van der Waals surface area (Å²) in [6.07, 6.45) is -0.494. The molecule has 1 fully saturated rings. The van der Waals surface area contributed by atoms with Crippen molar-refractivity contribution in [1.29, 1.82) is 0 Å². The summed E-state index contributed by atoms with van der Waals surface area (Å²) in [5, 5.41) is 18.2. The minimum atomic E-state index is -4.74. The minimum Gasteiger partial charge on any atom is -0.393 e. The second-order valence-electron chi connectivity index (χ2n) is 9.21. The number of anilines is 3. The van der Waals surface area contributed by atoms with E-state index in [0.717, 1.165) is 38.2 Å². The molecule has 1 heterocycles. The Labute approximate surface area is 217 Å². The van der Waals surface area contributed by atoms with Gasteiger partial charge in [0.15, 0.2) is 9.84 Å². The van der Waals surface area contributed by atoms with Crippen molar-refractivity contribution in [1.82, 2.24) is 15.2 Å². The first-order valence-corrected chi connectivity index (χ1v) is 13.8. The Morgan fingerprint density at radius 2 is 1.81 bits per heavy atom. The van der Waals surface area contributed by atoms with Crippen LogP contribution in [-0.4, -0.2) is 40.6 Å². The number of nitrogens with zero attached hydrogens (tertiary/aromatic N) is 2. The molecule has 0 aliphatic heterocycles. The van der Waals surface area contributed by atoms with Gasteiger partial charge in [-0.2, -0.15) is 18.2 Å². The van der Waals surface area contributed by atoms with Gasteiger partial charge < -0.3 is 16.2 Å². The number of nitrogens with two attached hydrogens (primary N) is 1. The molecule has 37 heavy (non-hydrogen) atoms. The molecule has 0 atom stereocenters. The highest BCUT2D eigenvalue weighted by atomic mass is 35.5. The van der Waals surface area contributed by atoms with Gasteiger partial charge in [0.2, 0.25) is 11.9 Å². The lowest BCUT2D eigenvalue weighted by Crippen LogP contribution is -2.19. The molecule has 4 rings (SSSR count). The number of sulfone groups is 1. The van der Waals surface area contributed by atoms with Crippen LogP contribution >= 0.6 is 11.6 Å². The molecule has 13 heteroatoms. The Morgan fingerprint density at radius 1 is 1.14 bits per heavy atom. The van der Waals surface area contributed by atoms with Crippen LogP contribution in [0.1, 0.15) is 44.1 Å². The van der Waals surface area contributed by atoms with E-state index >= 15 is 0 Å². The van der Waals surface area contributed by atoms with Crippen LogP contribution in [0.5, 0.6) is 0 Å². The van der Waals surface area contributed by atoms with E-state index in [2.05, 4.69) is 20.5 Å². The van der Waals surface area contributed by atoms with Gasteiger partial charge in [-0.25, -0.2) is 13.5 Å². The maximum absolute atomic E-state index is 14.0. The number of nitrogen functional groups attached to an aromatic ring is 1. The number of H-pyrrole nitrogens is 1. The summed E-state index contributed by atoms with van der Waals surface area (Å²) in [6, 6.07) is 7.45. The van der Waals surface area contributed by atoms with Gasteiger partial charge in [-0.05, 0) is 74.3 Å². The summed E-state index contributed by atoms with van der Waals surface area (Å²) >= 11 is 6.28. The van der Waals surface area contributed by atoms with Crippen molar-refractivity contribution < 1.29 is 26.7 Å². The Kier molecular flexibility index (Phi) is 8.00. The van der Waals surface area contributed by atoms with Crippen LogP contribution in [0.25, 0.3) is 11.1 Å². The fourth-order valence-electron chi connectivity index (χ4n) is 4.60. The molecule has 1 saturated carbocycles. The van der Waals surface area contributed by atoms with Crippen LogP contribution in [-0.2, 0) is 16.0 Å². The summed E-state index contributed by atoms with van der Waals surface area (Å²) in [4.78, 5) is 3.84. The van der Waals surface area contributed by atoms with E-state index in [1.165, 1.54) is 30.3 Å². The predicted molar refractivity (Wildman–Crippen MR) is 135 cm³/mol. The summed E-state index contributed by atoms with van der Waals surface area (Å²) in [5.41, 5.74) is 4.31. The zero-order valence-electron chi connectivity index (χ0n) is 19.7. The van der Waals surface area contributed by atoms with Crippen LogP contribution in [0.2, 0.25) is 5.02 Å². The van der Waals surface area contributed by atoms with Gasteiger partial charge >= 0.3 is 6.18 Å². The first-order valence-electron chi connectivity index (χ1n) is 11.8. The SMILES string of the molecule is Nc1nc(Nc2cc(Cl)c(-c3ccc(S(=O)(=O)CCCC4CCC(O)CC4)cc3)c(C(F)(F)F)c2)n[nH]1. The molecule has 0 unspecified atom stereocenters. The minimum absolute atomic E-state index is 0.00625. The molecule has 1 aromatic heterocycles. The number of benzene rings is 2. The van der Waals surface area contributed by atoms with Gasteiger partial charge in [-0.15, -0.1) is 5.10 Å². The maximum Gasteiger partial charge on any atom is 0.417 e. The molecule has 0 bridgehead atoms. The standard InChI is InChI=1S/C24H27ClF3N5O3S/c25-20-13-16(30-23-31-22(29)32-33-23)12-19(24(26,27)28)21(20)15-5-9-18(10-6-15)37(35,36)11-1-2-14-3-7-17(34)8-4-14/h5-6,9-10,12-14,17,34H,1-4,7-8,11H2,(H4,29,30,31,32,33). The summed E-state index contributed by atoms with van der Waals surface area (Å²) in [7, 11) is -3.60. The van der Waals surface area contributed by atoms with E-state index in [1.54, 1.807) is 0 Å². The number of nitrogens with one attached hydrogen (secondary N) is 2. The lowest BCUT2D eigenvalue weighted by atomic mass is 9.85. The fourth-order valence-corrected chi connectivity index (χ4v) is 6.26. The molecule has 200 valence electrons. The number of alkyl halides is 3. The average Bonchev–Trinajstić information content (AvgIpc) is 3.24. The Bertz CT molecular complexity index is 1340. The molecule has 0 amide bonds. The van der Waals surface area contributed by atoms with Gasteiger partial charge in [0.1, 0.15) is 0 Å². The zero-order valence-corrected chi connectivity index (χ0v) is 21.3. The number of hydrogen-bond acceptors (Lipinski definition) is 7. The molecule has 1 aliphatic rings. The van der Waals surface area contributed by atoms with Crippen molar-refractivity contribution in [2.24, 2.45) is 5.92 Å². The molecule has 0 saturated heterocycles. The number of aromatic nitrogens is 3. The lowest BCUT2D eigenvalue weighted by Gasteiger charge is -2.25. The predicted octanol–water partition coefficient (Wildman–Crippen LogP) is 5.57. The van der Waals surface area contributed by atoms with Gasteiger partial charge in [0.25, 0.3) is 0 Å². The van der Waals surface area contributed by atoms with Crippen LogP contribution in [0, 0.1) is 5.92 Å². The third kappa shape index (κ3) is 6.74. The lowest BCUT2D eigenvalue weighted by molar-refractivity contribution is -0.137. The highest BCUT2D eigenvalue weighted by Crippen LogP contribution is 2.43. The second kappa shape index (κ2) is 10.9. The Balaban J connectivity index is 1.52. The number of halogens is 4. The Morgan fingerprint density at radius 3 is 2.41 bits per heavy atom. The number of aliphatic hydroxyl groups excluding tert-OH is 1. The van der Waals surface area contributed by atoms with E-state index in [9.17, 15) is 26.7 Å². The highest BCUT2D eigenvalue weighted by molar-refractivity contribution is 7.91. The van der Waals surface area contributed by atoms with Gasteiger partial charge in [-0.3, -0.25) is 0 Å². The number of aromatic amines is 1. The van der Waals surface area contributed by atoms with E-state index in [4.69, 9.17) is 17.3 Å². The van der Waals surface area contributed by atoms with E-state index < -0.39 is 21.6 Å². The van der Waals surface area contributed by atoms with Crippen molar-refractivity contribution in [3.8, 4) is 11.1 Å². The van der Waals surface area contributed by atoms with E-state index in [1.807, 2.05) is 0 Å². The van der Waals surface area contributed by atoms with Crippen LogP contribution in [0.3, 0.4) is 0 Å². The molecular formula is C24H27ClF3N5O3S. The first kappa shape index (κ1) is 27.2. The highest BCUT2D eigenvalue weighted by Gasteiger charge is 2.35. The van der Waals surface area contributed by atoms with Gasteiger partial charge in [-0.1, -0.05) is 23.7 Å². The zero-order chi connectivity index (χ0) is 26.8. The molecule has 8 nitrogen and oxygen atoms in total. The summed E-state index contributed by atoms with van der Waals surface area (Å²) in [5.74, 6) is 0.323. The van der Waals surface area contributed by atoms with Crippen molar-refractivity contribution in [3.05, 3.63) is 47.0 Å². The largest absolute Gasteiger partial charge is 0.417 e. The second-order valence-corrected chi connectivity index (χ2v) is 11.7. The van der Waals surface area contributed by atoms with Crippen molar-refractivity contribution in [3.63, 3.8) is 0 Å². The van der Waals surface area contributed by atoms with Crippen molar-refractivity contribution >= 4 is 39.0 Å². The fraction of sp³-hybridized carbons (Fsp3) is 0.417. The number of rotatable bonds is 8. The Hall–Kier alpha value is -2.83. The molecule has 0 radical (unpaired) electrons. The quantitative estimate of drug-likeness (QED) is 0.284. The topological polar surface area (TPSA) is 134 Å². The molecule has 2 aromatic carbocycles. The maximum atomic E-state index is 14.0. The number of aliphatic hydroxyl groups is 1.